The van der Waals surface area contributed by atoms with Crippen LogP contribution in [0.3, 0.4) is 0 Å². The van der Waals surface area contributed by atoms with Crippen LogP contribution < -0.4 is 0 Å². The molecule has 18 heavy (non-hydrogen) atoms. The van der Waals surface area contributed by atoms with E-state index < -0.39 is 0 Å². The van der Waals surface area contributed by atoms with Crippen molar-refractivity contribution < 1.29 is 10.2 Å². The van der Waals surface area contributed by atoms with Gasteiger partial charge in [-0.3, -0.25) is 0 Å². The van der Waals surface area contributed by atoms with E-state index in [1.54, 1.807) is 0 Å². The first kappa shape index (κ1) is 11.9. The molecule has 0 aromatic rings. The van der Waals surface area contributed by atoms with Gasteiger partial charge >= 0.3 is 0 Å². The van der Waals surface area contributed by atoms with E-state index >= 15 is 0 Å². The monoisotopic (exact) mass is 244 g/mol. The molecule has 0 radical (unpaired) electrons. The zero-order valence-corrected chi connectivity index (χ0v) is 10.7. The summed E-state index contributed by atoms with van der Waals surface area (Å²) in [6.07, 6.45) is 13.0. The van der Waals surface area contributed by atoms with Crippen molar-refractivity contribution in [1.29, 1.82) is 0 Å². The van der Waals surface area contributed by atoms with Gasteiger partial charge in [0.1, 0.15) is 0 Å². The molecule has 0 heterocycles. The SMILES string of the molecule is CC1=CC(C2=CC3CCC(O)C3C=C2)=CCC1O. The molecule has 0 aliphatic heterocycles. The molecule has 1 fully saturated rings. The van der Waals surface area contributed by atoms with Crippen LogP contribution >= 0.6 is 0 Å². The Morgan fingerprint density at radius 1 is 1.17 bits per heavy atom. The molecule has 0 saturated heterocycles. The summed E-state index contributed by atoms with van der Waals surface area (Å²) >= 11 is 0. The Labute approximate surface area is 108 Å². The first-order valence-corrected chi connectivity index (χ1v) is 6.80. The average molecular weight is 244 g/mol. The van der Waals surface area contributed by atoms with Gasteiger partial charge in [0.25, 0.3) is 0 Å². The van der Waals surface area contributed by atoms with Crippen molar-refractivity contribution >= 4 is 0 Å². The summed E-state index contributed by atoms with van der Waals surface area (Å²) < 4.78 is 0. The average Bonchev–Trinajstić information content (AvgIpc) is 2.74. The minimum absolute atomic E-state index is 0.163. The number of fused-ring (bicyclic) bond motifs is 1. The van der Waals surface area contributed by atoms with Gasteiger partial charge in [0.2, 0.25) is 0 Å². The lowest BCUT2D eigenvalue weighted by molar-refractivity contribution is 0.146. The maximum Gasteiger partial charge on any atom is 0.0785 e. The Morgan fingerprint density at radius 3 is 2.78 bits per heavy atom. The first-order valence-electron chi connectivity index (χ1n) is 6.80. The molecule has 96 valence electrons. The van der Waals surface area contributed by atoms with E-state index in [0.717, 1.165) is 18.4 Å². The van der Waals surface area contributed by atoms with Crippen LogP contribution in [0.4, 0.5) is 0 Å². The molecule has 2 nitrogen and oxygen atoms in total. The highest BCUT2D eigenvalue weighted by molar-refractivity contribution is 5.51. The van der Waals surface area contributed by atoms with Crippen LogP contribution in [0.15, 0.2) is 47.1 Å². The van der Waals surface area contributed by atoms with Crippen molar-refractivity contribution in [2.24, 2.45) is 11.8 Å². The molecule has 4 unspecified atom stereocenters. The van der Waals surface area contributed by atoms with Gasteiger partial charge in [-0.2, -0.15) is 0 Å². The number of aliphatic hydroxyl groups excluding tert-OH is 2. The van der Waals surface area contributed by atoms with Crippen molar-refractivity contribution in [3.8, 4) is 0 Å². The van der Waals surface area contributed by atoms with Gasteiger partial charge in [-0.15, -0.1) is 0 Å². The smallest absolute Gasteiger partial charge is 0.0785 e. The Morgan fingerprint density at radius 2 is 2.00 bits per heavy atom. The molecule has 3 aliphatic rings. The van der Waals surface area contributed by atoms with E-state index in [1.807, 2.05) is 6.92 Å². The van der Waals surface area contributed by atoms with E-state index in [-0.39, 0.29) is 12.2 Å². The number of allylic oxidation sites excluding steroid dienone is 5. The number of hydrogen-bond acceptors (Lipinski definition) is 2. The van der Waals surface area contributed by atoms with E-state index in [9.17, 15) is 10.2 Å². The van der Waals surface area contributed by atoms with E-state index in [1.165, 1.54) is 11.1 Å². The fourth-order valence-electron chi connectivity index (χ4n) is 3.22. The van der Waals surface area contributed by atoms with E-state index in [2.05, 4.69) is 30.4 Å². The second kappa shape index (κ2) is 4.52. The third-order valence-electron chi connectivity index (χ3n) is 4.43. The van der Waals surface area contributed by atoms with Crippen LogP contribution in [0.2, 0.25) is 0 Å². The van der Waals surface area contributed by atoms with Gasteiger partial charge in [-0.25, -0.2) is 0 Å². The molecule has 0 amide bonds. The van der Waals surface area contributed by atoms with Gasteiger partial charge < -0.3 is 10.2 Å². The molecule has 0 bridgehead atoms. The van der Waals surface area contributed by atoms with Crippen LogP contribution in [0.5, 0.6) is 0 Å². The van der Waals surface area contributed by atoms with Gasteiger partial charge in [0.05, 0.1) is 12.2 Å². The fourth-order valence-corrected chi connectivity index (χ4v) is 3.22. The summed E-state index contributed by atoms with van der Waals surface area (Å²) in [6, 6.07) is 0. The Kier molecular flexibility index (Phi) is 3.00. The zero-order chi connectivity index (χ0) is 12.7. The minimum Gasteiger partial charge on any atom is -0.392 e. The predicted molar refractivity (Wildman–Crippen MR) is 71.9 cm³/mol. The number of rotatable bonds is 1. The second-order valence-electron chi connectivity index (χ2n) is 5.67. The highest BCUT2D eigenvalue weighted by Crippen LogP contribution is 2.39. The standard InChI is InChI=1S/C16H20O2/c1-10-8-11(3-6-15(10)17)12-2-5-14-13(9-12)4-7-16(14)18/h2-3,5,8-9,13-18H,4,6-7H2,1H3. The predicted octanol–water partition coefficient (Wildman–Crippen LogP) is 2.51. The Balaban J connectivity index is 1.83. The summed E-state index contributed by atoms with van der Waals surface area (Å²) in [5, 5.41) is 19.6. The molecule has 2 heteroatoms. The molecular weight excluding hydrogens is 224 g/mol. The molecule has 1 saturated carbocycles. The lowest BCUT2D eigenvalue weighted by Gasteiger charge is -2.23. The zero-order valence-electron chi connectivity index (χ0n) is 10.7. The van der Waals surface area contributed by atoms with Crippen LogP contribution in [-0.2, 0) is 0 Å². The van der Waals surface area contributed by atoms with Gasteiger partial charge in [0.15, 0.2) is 0 Å². The van der Waals surface area contributed by atoms with Crippen LogP contribution in [-0.4, -0.2) is 22.4 Å². The van der Waals surface area contributed by atoms with Crippen molar-refractivity contribution in [2.45, 2.75) is 38.4 Å². The third-order valence-corrected chi connectivity index (χ3v) is 4.43. The van der Waals surface area contributed by atoms with Crippen LogP contribution in [0.1, 0.15) is 26.2 Å². The van der Waals surface area contributed by atoms with Crippen molar-refractivity contribution in [3.63, 3.8) is 0 Å². The van der Waals surface area contributed by atoms with E-state index in [4.69, 9.17) is 0 Å². The van der Waals surface area contributed by atoms with Crippen molar-refractivity contribution in [2.75, 3.05) is 0 Å². The molecule has 3 rings (SSSR count). The highest BCUT2D eigenvalue weighted by atomic mass is 16.3. The molecule has 4 atom stereocenters. The first-order chi connectivity index (χ1) is 8.65. The fraction of sp³-hybridized carbons (Fsp3) is 0.500. The minimum atomic E-state index is -0.317. The number of aliphatic hydroxyl groups is 2. The molecule has 3 aliphatic carbocycles. The number of hydrogen-bond donors (Lipinski definition) is 2. The lowest BCUT2D eigenvalue weighted by Crippen LogP contribution is -2.18. The quantitative estimate of drug-likeness (QED) is 0.744. The van der Waals surface area contributed by atoms with Gasteiger partial charge in [-0.05, 0) is 48.8 Å². The van der Waals surface area contributed by atoms with Crippen LogP contribution in [0.25, 0.3) is 0 Å². The third kappa shape index (κ3) is 2.00. The summed E-state index contributed by atoms with van der Waals surface area (Å²) in [5.74, 6) is 0.801. The van der Waals surface area contributed by atoms with Crippen molar-refractivity contribution in [3.05, 3.63) is 47.1 Å². The second-order valence-corrected chi connectivity index (χ2v) is 5.67. The molecule has 0 spiro atoms. The van der Waals surface area contributed by atoms with Crippen LogP contribution in [0, 0.1) is 11.8 Å². The molecular formula is C16H20O2. The molecule has 0 aromatic heterocycles. The van der Waals surface area contributed by atoms with E-state index in [0.29, 0.717) is 18.3 Å². The summed E-state index contributed by atoms with van der Waals surface area (Å²) in [7, 11) is 0. The Bertz CT molecular complexity index is 467. The van der Waals surface area contributed by atoms with Gasteiger partial charge in [0, 0.05) is 5.92 Å². The highest BCUT2D eigenvalue weighted by Gasteiger charge is 2.33. The Hall–Kier alpha value is -1.12. The summed E-state index contributed by atoms with van der Waals surface area (Å²) in [5.41, 5.74) is 3.50. The maximum absolute atomic E-state index is 9.86. The summed E-state index contributed by atoms with van der Waals surface area (Å²) in [4.78, 5) is 0. The van der Waals surface area contributed by atoms with Gasteiger partial charge in [-0.1, -0.05) is 30.4 Å². The largest absolute Gasteiger partial charge is 0.392 e. The maximum atomic E-state index is 9.86. The topological polar surface area (TPSA) is 40.5 Å². The van der Waals surface area contributed by atoms with Crippen molar-refractivity contribution in [1.82, 2.24) is 0 Å². The molecule has 2 N–H and O–H groups in total. The molecule has 0 aromatic carbocycles. The lowest BCUT2D eigenvalue weighted by atomic mass is 9.83. The normalized spacial score (nSPS) is 38.9. The summed E-state index contributed by atoms with van der Waals surface area (Å²) in [6.45, 7) is 1.98.